The van der Waals surface area contributed by atoms with Crippen molar-refractivity contribution in [3.8, 4) is 0 Å². The molecule has 0 aliphatic carbocycles. The lowest BCUT2D eigenvalue weighted by Gasteiger charge is -1.88. The molecule has 3 nitrogen and oxygen atoms in total. The Balaban J connectivity index is 3.30. The third kappa shape index (κ3) is 5.01. The highest BCUT2D eigenvalue weighted by Gasteiger charge is 1.69. The van der Waals surface area contributed by atoms with E-state index in [4.69, 9.17) is 5.73 Å². The Bertz CT molecular complexity index is 100. The van der Waals surface area contributed by atoms with E-state index >= 15 is 0 Å². The van der Waals surface area contributed by atoms with E-state index < -0.39 is 0 Å². The molecule has 3 N–H and O–H groups in total. The maximum absolute atomic E-state index is 5.19. The SMILES string of the molecule is C/C=C\N/N=C(/C)N. The molecule has 8 heavy (non-hydrogen) atoms. The van der Waals surface area contributed by atoms with E-state index in [0.29, 0.717) is 5.84 Å². The summed E-state index contributed by atoms with van der Waals surface area (Å²) in [5.74, 6) is 0.531. The zero-order valence-corrected chi connectivity index (χ0v) is 5.18. The first kappa shape index (κ1) is 7.01. The highest BCUT2D eigenvalue weighted by molar-refractivity contribution is 5.77. The van der Waals surface area contributed by atoms with Crippen molar-refractivity contribution in [2.75, 3.05) is 0 Å². The molecule has 0 radical (unpaired) electrons. The topological polar surface area (TPSA) is 50.4 Å². The molecule has 0 aromatic carbocycles. The molecule has 0 aromatic rings. The van der Waals surface area contributed by atoms with Crippen LogP contribution in [0, 0.1) is 0 Å². The Morgan fingerprint density at radius 1 is 1.75 bits per heavy atom. The minimum absolute atomic E-state index is 0.531. The lowest BCUT2D eigenvalue weighted by atomic mass is 10.7. The van der Waals surface area contributed by atoms with Crippen LogP contribution in [-0.4, -0.2) is 5.84 Å². The number of nitrogens with zero attached hydrogens (tertiary/aromatic N) is 1. The maximum atomic E-state index is 5.19. The Morgan fingerprint density at radius 2 is 2.38 bits per heavy atom. The molecule has 0 amide bonds. The van der Waals surface area contributed by atoms with Gasteiger partial charge in [0.2, 0.25) is 0 Å². The molecule has 0 aliphatic heterocycles. The van der Waals surface area contributed by atoms with Gasteiger partial charge < -0.3 is 5.73 Å². The van der Waals surface area contributed by atoms with Crippen LogP contribution in [-0.2, 0) is 0 Å². The average molecular weight is 113 g/mol. The number of amidine groups is 1. The third-order valence-electron chi connectivity index (χ3n) is 0.482. The fraction of sp³-hybridized carbons (Fsp3) is 0.400. The fourth-order valence-corrected chi connectivity index (χ4v) is 0.214. The smallest absolute Gasteiger partial charge is 0.116 e. The molecule has 46 valence electrons. The first-order chi connectivity index (χ1) is 3.77. The van der Waals surface area contributed by atoms with Crippen molar-refractivity contribution >= 4 is 5.84 Å². The van der Waals surface area contributed by atoms with Crippen molar-refractivity contribution in [2.24, 2.45) is 10.8 Å². The summed E-state index contributed by atoms with van der Waals surface area (Å²) in [5.41, 5.74) is 7.80. The van der Waals surface area contributed by atoms with Gasteiger partial charge in [-0.2, -0.15) is 5.10 Å². The van der Waals surface area contributed by atoms with Crippen LogP contribution in [0.25, 0.3) is 0 Å². The molecule has 0 fully saturated rings. The van der Waals surface area contributed by atoms with Gasteiger partial charge in [-0.1, -0.05) is 6.08 Å². The van der Waals surface area contributed by atoms with E-state index in [1.165, 1.54) is 0 Å². The first-order valence-corrected chi connectivity index (χ1v) is 2.44. The fourth-order valence-electron chi connectivity index (χ4n) is 0.214. The number of hydrazone groups is 1. The summed E-state index contributed by atoms with van der Waals surface area (Å²) in [5, 5.41) is 3.67. The van der Waals surface area contributed by atoms with Gasteiger partial charge >= 0.3 is 0 Å². The molecule has 0 heterocycles. The molecule has 0 aliphatic rings. The summed E-state index contributed by atoms with van der Waals surface area (Å²) in [7, 11) is 0. The number of hydrogen-bond acceptors (Lipinski definition) is 2. The normalized spacial score (nSPS) is 12.5. The second kappa shape index (κ2) is 4.18. The summed E-state index contributed by atoms with van der Waals surface area (Å²) in [6, 6.07) is 0. The largest absolute Gasteiger partial charge is 0.386 e. The van der Waals surface area contributed by atoms with Gasteiger partial charge in [-0.25, -0.2) is 0 Å². The number of nitrogens with two attached hydrogens (primary N) is 1. The quantitative estimate of drug-likeness (QED) is 0.309. The van der Waals surface area contributed by atoms with E-state index in [-0.39, 0.29) is 0 Å². The van der Waals surface area contributed by atoms with Crippen LogP contribution >= 0.6 is 0 Å². The molecule has 0 atom stereocenters. The summed E-state index contributed by atoms with van der Waals surface area (Å²) < 4.78 is 0. The highest BCUT2D eigenvalue weighted by Crippen LogP contribution is 1.63. The van der Waals surface area contributed by atoms with Gasteiger partial charge in [0.1, 0.15) is 5.84 Å². The Hall–Kier alpha value is -0.990. The summed E-state index contributed by atoms with van der Waals surface area (Å²) in [4.78, 5) is 0. The summed E-state index contributed by atoms with van der Waals surface area (Å²) in [6.45, 7) is 3.62. The lowest BCUT2D eigenvalue weighted by molar-refractivity contribution is 0.957. The minimum Gasteiger partial charge on any atom is -0.386 e. The van der Waals surface area contributed by atoms with Gasteiger partial charge in [0, 0.05) is 6.20 Å². The van der Waals surface area contributed by atoms with Crippen molar-refractivity contribution in [1.29, 1.82) is 0 Å². The predicted molar refractivity (Wildman–Crippen MR) is 35.2 cm³/mol. The second-order valence-corrected chi connectivity index (χ2v) is 1.38. The van der Waals surface area contributed by atoms with Crippen molar-refractivity contribution in [3.05, 3.63) is 12.3 Å². The molecule has 0 unspecified atom stereocenters. The van der Waals surface area contributed by atoms with Crippen LogP contribution < -0.4 is 11.2 Å². The van der Waals surface area contributed by atoms with Gasteiger partial charge in [-0.3, -0.25) is 5.43 Å². The van der Waals surface area contributed by atoms with Gasteiger partial charge in [0.05, 0.1) is 0 Å². The standard InChI is InChI=1S/C5H11N3/c1-3-4-7-8-5(2)6/h3-4,7H,1-2H3,(H2,6,8)/b4-3-. The monoisotopic (exact) mass is 113 g/mol. The van der Waals surface area contributed by atoms with E-state index in [0.717, 1.165) is 0 Å². The third-order valence-corrected chi connectivity index (χ3v) is 0.482. The van der Waals surface area contributed by atoms with Crippen LogP contribution in [0.15, 0.2) is 17.4 Å². The van der Waals surface area contributed by atoms with E-state index in [9.17, 15) is 0 Å². The predicted octanol–water partition coefficient (Wildman–Crippen LogP) is 0.402. The molecule has 0 saturated carbocycles. The van der Waals surface area contributed by atoms with E-state index in [1.54, 1.807) is 13.1 Å². The van der Waals surface area contributed by atoms with Crippen molar-refractivity contribution in [1.82, 2.24) is 5.43 Å². The molecule has 0 aromatic heterocycles. The summed E-state index contributed by atoms with van der Waals surface area (Å²) >= 11 is 0. The van der Waals surface area contributed by atoms with Crippen LogP contribution in [0.5, 0.6) is 0 Å². The van der Waals surface area contributed by atoms with E-state index in [1.807, 2.05) is 13.0 Å². The number of allylic oxidation sites excluding steroid dienone is 1. The molecular formula is C5H11N3. The lowest BCUT2D eigenvalue weighted by Crippen LogP contribution is -2.09. The zero-order chi connectivity index (χ0) is 6.41. The second-order valence-electron chi connectivity index (χ2n) is 1.38. The van der Waals surface area contributed by atoms with Crippen molar-refractivity contribution in [2.45, 2.75) is 13.8 Å². The van der Waals surface area contributed by atoms with E-state index in [2.05, 4.69) is 10.5 Å². The zero-order valence-electron chi connectivity index (χ0n) is 5.18. The van der Waals surface area contributed by atoms with Crippen LogP contribution in [0.3, 0.4) is 0 Å². The summed E-state index contributed by atoms with van der Waals surface area (Å²) in [6.07, 6.45) is 3.54. The Kier molecular flexibility index (Phi) is 3.66. The Labute approximate surface area is 49.3 Å². The van der Waals surface area contributed by atoms with Crippen molar-refractivity contribution < 1.29 is 0 Å². The first-order valence-electron chi connectivity index (χ1n) is 2.44. The number of rotatable bonds is 2. The molecule has 0 spiro atoms. The van der Waals surface area contributed by atoms with Gasteiger partial charge in [0.25, 0.3) is 0 Å². The highest BCUT2D eigenvalue weighted by atomic mass is 15.3. The molecular weight excluding hydrogens is 102 g/mol. The van der Waals surface area contributed by atoms with Crippen LogP contribution in [0.1, 0.15) is 13.8 Å². The average Bonchev–Trinajstić information content (AvgIpc) is 1.66. The van der Waals surface area contributed by atoms with Gasteiger partial charge in [-0.05, 0) is 13.8 Å². The van der Waals surface area contributed by atoms with Crippen LogP contribution in [0.2, 0.25) is 0 Å². The maximum Gasteiger partial charge on any atom is 0.116 e. The number of nitrogens with one attached hydrogen (secondary N) is 1. The minimum atomic E-state index is 0.531. The number of hydrogen-bond donors (Lipinski definition) is 2. The molecule has 0 bridgehead atoms. The molecule has 0 rings (SSSR count). The Morgan fingerprint density at radius 3 is 2.75 bits per heavy atom. The molecule has 3 heteroatoms. The van der Waals surface area contributed by atoms with Gasteiger partial charge in [0.15, 0.2) is 0 Å². The molecule has 0 saturated heterocycles. The van der Waals surface area contributed by atoms with Crippen molar-refractivity contribution in [3.63, 3.8) is 0 Å². The van der Waals surface area contributed by atoms with Crippen LogP contribution in [0.4, 0.5) is 0 Å². The van der Waals surface area contributed by atoms with Gasteiger partial charge in [-0.15, -0.1) is 0 Å².